The number of hydrogen-bond acceptors (Lipinski definition) is 12. The number of aromatic nitrogens is 7. The van der Waals surface area contributed by atoms with Crippen LogP contribution in [0.15, 0.2) is 48.9 Å². The van der Waals surface area contributed by atoms with E-state index in [0.717, 1.165) is 45.6 Å². The predicted molar refractivity (Wildman–Crippen MR) is 197 cm³/mol. The second-order valence-electron chi connectivity index (χ2n) is 13.1. The smallest absolute Gasteiger partial charge is 0.257 e. The van der Waals surface area contributed by atoms with Crippen LogP contribution in [0.2, 0.25) is 0 Å². The highest BCUT2D eigenvalue weighted by Gasteiger charge is 2.45. The summed E-state index contributed by atoms with van der Waals surface area (Å²) in [5.74, 6) is 1.68. The third kappa shape index (κ3) is 6.82. The number of ether oxygens (including phenoxy) is 2. The van der Waals surface area contributed by atoms with Crippen LogP contribution in [0.25, 0.3) is 38.6 Å². The van der Waals surface area contributed by atoms with Crippen molar-refractivity contribution in [3.63, 3.8) is 0 Å². The van der Waals surface area contributed by atoms with E-state index < -0.39 is 4.75 Å². The number of hydrogen-bond donors (Lipinski definition) is 2. The van der Waals surface area contributed by atoms with Gasteiger partial charge in [-0.05, 0) is 67.8 Å². The average molecular weight is 727 g/mol. The zero-order chi connectivity index (χ0) is 35.1. The summed E-state index contributed by atoms with van der Waals surface area (Å²) in [6.07, 6.45) is 11.2. The van der Waals surface area contributed by atoms with E-state index in [2.05, 4.69) is 46.5 Å². The number of H-pyrrole nitrogens is 1. The van der Waals surface area contributed by atoms with E-state index in [9.17, 15) is 9.59 Å². The molecule has 2 amide bonds. The molecule has 0 bridgehead atoms. The van der Waals surface area contributed by atoms with Crippen molar-refractivity contribution in [2.24, 2.45) is 7.05 Å². The number of pyridine rings is 1. The fraction of sp³-hybridized carbons (Fsp3) is 0.400. The van der Waals surface area contributed by atoms with E-state index in [1.54, 1.807) is 29.5 Å². The van der Waals surface area contributed by atoms with Gasteiger partial charge in [-0.25, -0.2) is 15.0 Å². The molecule has 2 fully saturated rings. The second kappa shape index (κ2) is 13.7. The lowest BCUT2D eigenvalue weighted by Crippen LogP contribution is -2.45. The molecule has 5 aromatic rings. The first-order chi connectivity index (χ1) is 24.8. The molecule has 51 heavy (non-hydrogen) atoms. The average Bonchev–Trinajstić information content (AvgIpc) is 3.54. The minimum atomic E-state index is -0.680. The van der Waals surface area contributed by atoms with Crippen molar-refractivity contribution < 1.29 is 19.1 Å². The molecule has 8 rings (SSSR count). The lowest BCUT2D eigenvalue weighted by atomic mass is 10.1. The third-order valence-corrected chi connectivity index (χ3v) is 11.9. The normalized spacial score (nSPS) is 19.4. The quantitative estimate of drug-likeness (QED) is 0.198. The van der Waals surface area contributed by atoms with Crippen molar-refractivity contribution in [1.82, 2.24) is 44.7 Å². The molecule has 1 aliphatic carbocycles. The van der Waals surface area contributed by atoms with E-state index in [-0.39, 0.29) is 24.5 Å². The molecule has 1 saturated heterocycles. The minimum absolute atomic E-state index is 0.0652. The predicted octanol–water partition coefficient (Wildman–Crippen LogP) is 4.49. The number of aromatic amines is 1. The summed E-state index contributed by atoms with van der Waals surface area (Å²) < 4.78 is 12.4. The van der Waals surface area contributed by atoms with Gasteiger partial charge in [0.1, 0.15) is 21.8 Å². The van der Waals surface area contributed by atoms with Gasteiger partial charge in [-0.1, -0.05) is 6.08 Å². The van der Waals surface area contributed by atoms with E-state index in [1.165, 1.54) is 11.8 Å². The van der Waals surface area contributed by atoms with Gasteiger partial charge in [-0.2, -0.15) is 10.2 Å². The van der Waals surface area contributed by atoms with Gasteiger partial charge in [0, 0.05) is 50.5 Å². The number of benzene rings is 1. The number of thiazole rings is 1. The second-order valence-corrected chi connectivity index (χ2v) is 15.3. The molecule has 2 N–H and O–H groups in total. The minimum Gasteiger partial charge on any atom is -0.485 e. The van der Waals surface area contributed by atoms with Gasteiger partial charge in [0.15, 0.2) is 11.6 Å². The van der Waals surface area contributed by atoms with Crippen LogP contribution in [0.4, 0.5) is 5.69 Å². The number of nitrogens with one attached hydrogen (secondary N) is 2. The summed E-state index contributed by atoms with van der Waals surface area (Å²) >= 11 is 3.10. The highest BCUT2D eigenvalue weighted by molar-refractivity contribution is 8.00. The number of carbonyl (C=O) groups is 2. The van der Waals surface area contributed by atoms with Crippen LogP contribution in [0.5, 0.6) is 11.6 Å². The maximum Gasteiger partial charge on any atom is 0.257 e. The number of fused-ring (bicyclic) bond motifs is 1. The summed E-state index contributed by atoms with van der Waals surface area (Å²) in [5, 5.41) is 16.9. The summed E-state index contributed by atoms with van der Waals surface area (Å²) in [4.78, 5) is 45.7. The van der Waals surface area contributed by atoms with Crippen molar-refractivity contribution in [1.29, 1.82) is 0 Å². The Morgan fingerprint density at radius 1 is 1.18 bits per heavy atom. The summed E-state index contributed by atoms with van der Waals surface area (Å²) in [5.41, 5.74) is 3.92. The first-order valence-corrected chi connectivity index (χ1v) is 18.9. The lowest BCUT2D eigenvalue weighted by molar-refractivity contribution is -0.132. The summed E-state index contributed by atoms with van der Waals surface area (Å²) in [7, 11) is 3.42. The molecule has 0 spiro atoms. The Bertz CT molecular complexity index is 2140. The van der Waals surface area contributed by atoms with Crippen molar-refractivity contribution in [3.05, 3.63) is 53.9 Å². The zero-order valence-electron chi connectivity index (χ0n) is 28.6. The highest BCUT2D eigenvalue weighted by Crippen LogP contribution is 2.38. The van der Waals surface area contributed by atoms with Crippen molar-refractivity contribution in [2.45, 2.75) is 36.5 Å². The Morgan fingerprint density at radius 3 is 2.80 bits per heavy atom. The molecule has 1 saturated carbocycles. The van der Waals surface area contributed by atoms with Gasteiger partial charge in [0.25, 0.3) is 5.88 Å². The SMILES string of the molecule is COc1nc(-c2n[nH]c3ccc(NC(=O)C4(SC)CCN(CC(=O)N5CC=C(c6ncc(-c7ncn(C)n7)s6)CC5)C4)cc23)ccc1OC1CC1. The number of thioether (sulfide) groups is 1. The number of methoxy groups -OCH3 is 1. The van der Waals surface area contributed by atoms with E-state index in [0.29, 0.717) is 67.1 Å². The van der Waals surface area contributed by atoms with E-state index >= 15 is 0 Å². The maximum absolute atomic E-state index is 13.9. The number of nitrogens with zero attached hydrogens (tertiary/aromatic N) is 8. The van der Waals surface area contributed by atoms with Crippen LogP contribution in [0.1, 0.15) is 30.7 Å². The monoisotopic (exact) mass is 726 g/mol. The standard InChI is InChI=1S/C35H38N10O4S2/c1-43-20-37-31(42-43)28-17-36-33(51-28)21-10-13-45(14-11-21)29(46)18-44-15-12-35(19-44,50-3)34(47)38-22-4-7-25-24(16-22)30(41-40-25)26-8-9-27(32(39-26)48-2)49-23-5-6-23/h4,7-10,16-17,20,23H,5-6,11-15,18-19H2,1-3H3,(H,38,47)(H,40,41). The molecule has 1 aromatic carbocycles. The molecule has 16 heteroatoms. The lowest BCUT2D eigenvalue weighted by Gasteiger charge is -2.29. The van der Waals surface area contributed by atoms with Crippen molar-refractivity contribution in [3.8, 4) is 33.7 Å². The fourth-order valence-electron chi connectivity index (χ4n) is 6.49. The molecule has 3 aliphatic rings. The Morgan fingerprint density at radius 2 is 2.06 bits per heavy atom. The van der Waals surface area contributed by atoms with Gasteiger partial charge < -0.3 is 19.7 Å². The summed E-state index contributed by atoms with van der Waals surface area (Å²) in [6, 6.07) is 9.42. The van der Waals surface area contributed by atoms with Crippen LogP contribution in [0.3, 0.4) is 0 Å². The number of aryl methyl sites for hydroxylation is 1. The number of carbonyl (C=O) groups excluding carboxylic acids is 2. The molecular formula is C35H38N10O4S2. The highest BCUT2D eigenvalue weighted by atomic mass is 32.2. The van der Waals surface area contributed by atoms with Gasteiger partial charge in [-0.3, -0.25) is 24.3 Å². The number of rotatable bonds is 11. The summed E-state index contributed by atoms with van der Waals surface area (Å²) in [6.45, 7) is 2.59. The molecule has 6 heterocycles. The molecule has 1 unspecified atom stereocenters. The zero-order valence-corrected chi connectivity index (χ0v) is 30.2. The largest absolute Gasteiger partial charge is 0.485 e. The van der Waals surface area contributed by atoms with Crippen LogP contribution in [-0.2, 0) is 16.6 Å². The third-order valence-electron chi connectivity index (χ3n) is 9.54. The molecular weight excluding hydrogens is 689 g/mol. The Hall–Kier alpha value is -4.80. The fourth-order valence-corrected chi connectivity index (χ4v) is 8.25. The Labute approximate surface area is 302 Å². The van der Waals surface area contributed by atoms with Crippen LogP contribution >= 0.6 is 23.1 Å². The Balaban J connectivity index is 0.895. The molecule has 4 aromatic heterocycles. The van der Waals surface area contributed by atoms with Crippen molar-refractivity contribution >= 4 is 57.1 Å². The molecule has 14 nitrogen and oxygen atoms in total. The topological polar surface area (TPSA) is 156 Å². The number of anilines is 1. The molecule has 1 atom stereocenters. The molecule has 264 valence electrons. The first-order valence-electron chi connectivity index (χ1n) is 16.9. The van der Waals surface area contributed by atoms with Crippen LogP contribution < -0.4 is 14.8 Å². The van der Waals surface area contributed by atoms with Gasteiger partial charge in [-0.15, -0.1) is 23.1 Å². The number of likely N-dealkylation sites (tertiary alicyclic amines) is 1. The Kier molecular flexibility index (Phi) is 8.98. The molecule has 0 radical (unpaired) electrons. The van der Waals surface area contributed by atoms with Crippen LogP contribution in [0, 0.1) is 0 Å². The van der Waals surface area contributed by atoms with Gasteiger partial charge >= 0.3 is 0 Å². The van der Waals surface area contributed by atoms with E-state index in [4.69, 9.17) is 9.47 Å². The number of amides is 2. The first kappa shape index (κ1) is 33.3. The van der Waals surface area contributed by atoms with Crippen molar-refractivity contribution in [2.75, 3.05) is 51.4 Å². The van der Waals surface area contributed by atoms with Gasteiger partial charge in [0.2, 0.25) is 11.8 Å². The molecule has 2 aliphatic heterocycles. The van der Waals surface area contributed by atoms with Gasteiger partial charge in [0.05, 0.1) is 35.8 Å². The van der Waals surface area contributed by atoms with E-state index in [1.807, 2.05) is 54.7 Å². The maximum atomic E-state index is 13.9. The van der Waals surface area contributed by atoms with Crippen LogP contribution in [-0.4, -0.2) is 113 Å².